The summed E-state index contributed by atoms with van der Waals surface area (Å²) < 4.78 is 0. The molecule has 0 aliphatic heterocycles. The molecule has 0 spiro atoms. The second kappa shape index (κ2) is 12.0. The largest absolute Gasteiger partial charge is 0.245 e. The van der Waals surface area contributed by atoms with Crippen molar-refractivity contribution in [2.75, 3.05) is 0 Å². The summed E-state index contributed by atoms with van der Waals surface area (Å²) in [6.07, 6.45) is 0. The van der Waals surface area contributed by atoms with E-state index < -0.39 is 0 Å². The molecule has 0 amide bonds. The maximum absolute atomic E-state index is 5.37. The standard InChI is InChI=1S/C51H34N4/c1-51(2)42-18-10-8-14-37(42)41-29-34-22-23-35(28-36(34)30-43(41)51)47-40-17-9-11-19-45(40)54-50(55-47)39-16-7-6-15-38(39)46-27-25-33-21-20-32-24-26-44(31-12-4-3-5-13-31)52-48(32)49(33)53-46/h3-30H,1-2H3. The fourth-order valence-corrected chi connectivity index (χ4v) is 8.60. The van der Waals surface area contributed by atoms with Gasteiger partial charge in [0.25, 0.3) is 0 Å². The Morgan fingerprint density at radius 1 is 0.382 bits per heavy atom. The minimum Gasteiger partial charge on any atom is -0.245 e. The highest BCUT2D eigenvalue weighted by atomic mass is 14.9. The number of fused-ring (bicyclic) bond motifs is 8. The monoisotopic (exact) mass is 702 g/mol. The van der Waals surface area contributed by atoms with Crippen molar-refractivity contribution in [2.45, 2.75) is 19.3 Å². The highest BCUT2D eigenvalue weighted by Gasteiger charge is 2.35. The molecule has 0 N–H and O–H groups in total. The Hall–Kier alpha value is -7.04. The van der Waals surface area contributed by atoms with Crippen LogP contribution in [-0.4, -0.2) is 19.9 Å². The van der Waals surface area contributed by atoms with Crippen molar-refractivity contribution in [3.05, 3.63) is 181 Å². The molecule has 258 valence electrons. The summed E-state index contributed by atoms with van der Waals surface area (Å²) in [5, 5.41) is 5.55. The van der Waals surface area contributed by atoms with Gasteiger partial charge in [0.1, 0.15) is 0 Å². The second-order valence-electron chi connectivity index (χ2n) is 15.1. The average Bonchev–Trinajstić information content (AvgIpc) is 3.47. The zero-order chi connectivity index (χ0) is 36.7. The molecule has 0 saturated carbocycles. The highest BCUT2D eigenvalue weighted by molar-refractivity contribution is 6.05. The Balaban J connectivity index is 1.06. The van der Waals surface area contributed by atoms with Gasteiger partial charge >= 0.3 is 0 Å². The smallest absolute Gasteiger partial charge is 0.161 e. The summed E-state index contributed by atoms with van der Waals surface area (Å²) >= 11 is 0. The molecular formula is C51H34N4. The molecule has 0 bridgehead atoms. The molecule has 0 radical (unpaired) electrons. The van der Waals surface area contributed by atoms with Crippen LogP contribution >= 0.6 is 0 Å². The number of hydrogen-bond acceptors (Lipinski definition) is 4. The fraction of sp³-hybridized carbons (Fsp3) is 0.0588. The van der Waals surface area contributed by atoms with Crippen LogP contribution in [-0.2, 0) is 5.41 Å². The number of hydrogen-bond donors (Lipinski definition) is 0. The molecule has 1 aliphatic carbocycles. The minimum absolute atomic E-state index is 0.0715. The molecule has 0 saturated heterocycles. The molecule has 7 aromatic carbocycles. The number of para-hydroxylation sites is 1. The van der Waals surface area contributed by atoms with E-state index in [0.717, 1.165) is 72.0 Å². The number of rotatable bonds is 4. The van der Waals surface area contributed by atoms with E-state index in [4.69, 9.17) is 19.9 Å². The Labute approximate surface area is 318 Å². The maximum atomic E-state index is 5.37. The quantitative estimate of drug-likeness (QED) is 0.171. The SMILES string of the molecule is CC1(C)c2ccccc2-c2cc3ccc(-c4nc(-c5ccccc5-c5ccc6ccc7ccc(-c8ccccc8)nc7c6n5)nc5ccccc45)cc3cc21. The van der Waals surface area contributed by atoms with Gasteiger partial charge in [-0.2, -0.15) is 0 Å². The van der Waals surface area contributed by atoms with E-state index in [1.54, 1.807) is 0 Å². The molecule has 3 aromatic heterocycles. The minimum atomic E-state index is -0.0715. The lowest BCUT2D eigenvalue weighted by atomic mass is 9.82. The fourth-order valence-electron chi connectivity index (χ4n) is 8.60. The van der Waals surface area contributed by atoms with E-state index in [1.165, 1.54) is 33.0 Å². The topological polar surface area (TPSA) is 51.6 Å². The first-order valence-electron chi connectivity index (χ1n) is 18.8. The summed E-state index contributed by atoms with van der Waals surface area (Å²) in [5.41, 5.74) is 14.7. The Morgan fingerprint density at radius 2 is 1.02 bits per heavy atom. The predicted molar refractivity (Wildman–Crippen MR) is 227 cm³/mol. The van der Waals surface area contributed by atoms with E-state index in [1.807, 2.05) is 24.3 Å². The third-order valence-electron chi connectivity index (χ3n) is 11.5. The van der Waals surface area contributed by atoms with Crippen LogP contribution in [0.2, 0.25) is 0 Å². The van der Waals surface area contributed by atoms with E-state index in [2.05, 4.69) is 159 Å². The average molecular weight is 703 g/mol. The maximum Gasteiger partial charge on any atom is 0.161 e. The van der Waals surface area contributed by atoms with Gasteiger partial charge in [0.05, 0.1) is 33.6 Å². The van der Waals surface area contributed by atoms with Gasteiger partial charge in [-0.25, -0.2) is 19.9 Å². The van der Waals surface area contributed by atoms with Crippen LogP contribution in [0.1, 0.15) is 25.0 Å². The molecule has 0 atom stereocenters. The summed E-state index contributed by atoms with van der Waals surface area (Å²) in [5.74, 6) is 0.666. The van der Waals surface area contributed by atoms with E-state index in [0.29, 0.717) is 5.82 Å². The molecule has 0 fully saturated rings. The van der Waals surface area contributed by atoms with Gasteiger partial charge in [0.2, 0.25) is 0 Å². The van der Waals surface area contributed by atoms with Crippen LogP contribution in [0.3, 0.4) is 0 Å². The van der Waals surface area contributed by atoms with Crippen LogP contribution in [0.15, 0.2) is 170 Å². The van der Waals surface area contributed by atoms with Gasteiger partial charge < -0.3 is 0 Å². The van der Waals surface area contributed by atoms with E-state index in [9.17, 15) is 0 Å². The number of nitrogens with zero attached hydrogens (tertiary/aromatic N) is 4. The van der Waals surface area contributed by atoms with Crippen LogP contribution in [0.25, 0.3) is 99.8 Å². The molecule has 4 nitrogen and oxygen atoms in total. The van der Waals surface area contributed by atoms with Crippen molar-refractivity contribution in [2.24, 2.45) is 0 Å². The van der Waals surface area contributed by atoms with Gasteiger partial charge in [0.15, 0.2) is 5.82 Å². The number of pyridine rings is 2. The van der Waals surface area contributed by atoms with Crippen molar-refractivity contribution in [3.8, 4) is 56.3 Å². The van der Waals surface area contributed by atoms with Gasteiger partial charge in [-0.3, -0.25) is 0 Å². The van der Waals surface area contributed by atoms with Crippen LogP contribution in [0, 0.1) is 0 Å². The summed E-state index contributed by atoms with van der Waals surface area (Å²) in [6.45, 7) is 4.67. The zero-order valence-electron chi connectivity index (χ0n) is 30.5. The summed E-state index contributed by atoms with van der Waals surface area (Å²) in [6, 6.07) is 60.0. The normalized spacial score (nSPS) is 13.1. The Kier molecular flexibility index (Phi) is 6.86. The molecule has 10 aromatic rings. The lowest BCUT2D eigenvalue weighted by molar-refractivity contribution is 0.661. The summed E-state index contributed by atoms with van der Waals surface area (Å²) in [7, 11) is 0. The molecular weight excluding hydrogens is 669 g/mol. The van der Waals surface area contributed by atoms with Crippen molar-refractivity contribution in [3.63, 3.8) is 0 Å². The Bertz CT molecular complexity index is 3180. The molecule has 11 rings (SSSR count). The number of aromatic nitrogens is 4. The second-order valence-corrected chi connectivity index (χ2v) is 15.1. The van der Waals surface area contributed by atoms with Crippen LogP contribution < -0.4 is 0 Å². The third-order valence-corrected chi connectivity index (χ3v) is 11.5. The highest BCUT2D eigenvalue weighted by Crippen LogP contribution is 2.50. The van der Waals surface area contributed by atoms with E-state index in [-0.39, 0.29) is 5.41 Å². The van der Waals surface area contributed by atoms with Gasteiger partial charge in [-0.1, -0.05) is 147 Å². The first kappa shape index (κ1) is 31.5. The Morgan fingerprint density at radius 3 is 1.84 bits per heavy atom. The lowest BCUT2D eigenvalue weighted by Crippen LogP contribution is -2.14. The summed E-state index contributed by atoms with van der Waals surface area (Å²) in [4.78, 5) is 21.0. The van der Waals surface area contributed by atoms with Crippen molar-refractivity contribution < 1.29 is 0 Å². The van der Waals surface area contributed by atoms with Gasteiger partial charge in [-0.15, -0.1) is 0 Å². The van der Waals surface area contributed by atoms with E-state index >= 15 is 0 Å². The number of benzene rings is 7. The third kappa shape index (κ3) is 4.99. The predicted octanol–water partition coefficient (Wildman–Crippen LogP) is 12.9. The molecule has 3 heterocycles. The molecule has 1 aliphatic rings. The first-order chi connectivity index (χ1) is 27.0. The van der Waals surface area contributed by atoms with Crippen molar-refractivity contribution >= 4 is 43.5 Å². The van der Waals surface area contributed by atoms with Gasteiger partial charge in [-0.05, 0) is 69.4 Å². The van der Waals surface area contributed by atoms with Crippen LogP contribution in [0.4, 0.5) is 0 Å². The zero-order valence-corrected chi connectivity index (χ0v) is 30.5. The molecule has 55 heavy (non-hydrogen) atoms. The van der Waals surface area contributed by atoms with Crippen molar-refractivity contribution in [1.82, 2.24) is 19.9 Å². The first-order valence-corrected chi connectivity index (χ1v) is 18.8. The van der Waals surface area contributed by atoms with Crippen LogP contribution in [0.5, 0.6) is 0 Å². The van der Waals surface area contributed by atoms with Gasteiger partial charge in [0, 0.05) is 43.8 Å². The molecule has 0 unspecified atom stereocenters. The molecule has 4 heteroatoms. The van der Waals surface area contributed by atoms with Crippen molar-refractivity contribution in [1.29, 1.82) is 0 Å². The lowest BCUT2D eigenvalue weighted by Gasteiger charge is -2.21.